The van der Waals surface area contributed by atoms with E-state index in [1.54, 1.807) is 12.5 Å². The van der Waals surface area contributed by atoms with Gasteiger partial charge in [-0.25, -0.2) is 4.98 Å². The molecule has 3 nitrogen and oxygen atoms in total. The Morgan fingerprint density at radius 3 is 2.62 bits per heavy atom. The number of hydrogen-bond donors (Lipinski definition) is 1. The first-order valence-corrected chi connectivity index (χ1v) is 8.33. The van der Waals surface area contributed by atoms with Crippen LogP contribution in [0, 0.1) is 5.92 Å². The molecule has 0 aliphatic carbocycles. The van der Waals surface area contributed by atoms with Gasteiger partial charge in [-0.3, -0.25) is 0 Å². The highest BCUT2D eigenvalue weighted by molar-refractivity contribution is 6.31. The van der Waals surface area contributed by atoms with Crippen LogP contribution < -0.4 is 0 Å². The van der Waals surface area contributed by atoms with Crippen molar-refractivity contribution < 1.29 is 5.11 Å². The number of pyridine rings is 1. The lowest BCUT2D eigenvalue weighted by Crippen LogP contribution is -2.10. The predicted molar refractivity (Wildman–Crippen MR) is 89.8 cm³/mol. The number of aromatic nitrogens is 2. The maximum Gasteiger partial charge on any atom is 0.0995 e. The number of nitrogens with zero attached hydrogens (tertiary/aromatic N) is 2. The quantitative estimate of drug-likeness (QED) is 0.789. The molecule has 0 bridgehead atoms. The van der Waals surface area contributed by atoms with Crippen LogP contribution in [0.1, 0.15) is 65.2 Å². The highest BCUT2D eigenvalue weighted by Crippen LogP contribution is 2.28. The minimum Gasteiger partial charge on any atom is -0.387 e. The van der Waals surface area contributed by atoms with Crippen LogP contribution in [0.15, 0.2) is 24.7 Å². The number of rotatable bonds is 6. The van der Waals surface area contributed by atoms with Gasteiger partial charge in [0, 0.05) is 5.02 Å². The average molecular weight is 311 g/mol. The van der Waals surface area contributed by atoms with E-state index in [1.165, 1.54) is 0 Å². The third-order valence-electron chi connectivity index (χ3n) is 3.69. The van der Waals surface area contributed by atoms with E-state index in [4.69, 9.17) is 11.6 Å². The SMILES string of the molecule is CC.CCCC(CC)CC(O)c1cc(Cl)cc2cncn12. The van der Waals surface area contributed by atoms with E-state index in [2.05, 4.69) is 18.8 Å². The fraction of sp³-hybridized carbons (Fsp3) is 0.588. The molecule has 21 heavy (non-hydrogen) atoms. The summed E-state index contributed by atoms with van der Waals surface area (Å²) in [5, 5.41) is 11.1. The van der Waals surface area contributed by atoms with E-state index >= 15 is 0 Å². The number of hydrogen-bond acceptors (Lipinski definition) is 2. The molecule has 2 aromatic heterocycles. The van der Waals surface area contributed by atoms with E-state index < -0.39 is 6.10 Å². The molecule has 118 valence electrons. The number of fused-ring (bicyclic) bond motifs is 1. The van der Waals surface area contributed by atoms with Crippen molar-refractivity contribution >= 4 is 17.1 Å². The normalized spacial score (nSPS) is 13.6. The lowest BCUT2D eigenvalue weighted by molar-refractivity contribution is 0.134. The molecule has 0 radical (unpaired) electrons. The van der Waals surface area contributed by atoms with Crippen LogP contribution in [0.2, 0.25) is 5.02 Å². The van der Waals surface area contributed by atoms with Crippen LogP contribution in [0.3, 0.4) is 0 Å². The smallest absolute Gasteiger partial charge is 0.0995 e. The largest absolute Gasteiger partial charge is 0.387 e. The number of imidazole rings is 1. The van der Waals surface area contributed by atoms with Gasteiger partial charge in [-0.05, 0) is 24.5 Å². The van der Waals surface area contributed by atoms with Crippen LogP contribution in [-0.4, -0.2) is 14.5 Å². The van der Waals surface area contributed by atoms with Crippen LogP contribution in [0.4, 0.5) is 0 Å². The van der Waals surface area contributed by atoms with Gasteiger partial charge in [0.25, 0.3) is 0 Å². The topological polar surface area (TPSA) is 37.5 Å². The van der Waals surface area contributed by atoms with Crippen LogP contribution in [-0.2, 0) is 0 Å². The van der Waals surface area contributed by atoms with Crippen molar-refractivity contribution in [2.24, 2.45) is 5.92 Å². The van der Waals surface area contributed by atoms with Gasteiger partial charge < -0.3 is 9.51 Å². The predicted octanol–water partition coefficient (Wildman–Crippen LogP) is 5.26. The Bertz CT molecular complexity index is 539. The van der Waals surface area contributed by atoms with Crippen LogP contribution in [0.5, 0.6) is 0 Å². The second-order valence-corrected chi connectivity index (χ2v) is 5.54. The van der Waals surface area contributed by atoms with Crippen molar-refractivity contribution in [1.29, 1.82) is 0 Å². The van der Waals surface area contributed by atoms with Gasteiger partial charge in [-0.15, -0.1) is 0 Å². The highest BCUT2D eigenvalue weighted by atomic mass is 35.5. The molecular weight excluding hydrogens is 284 g/mol. The molecule has 2 heterocycles. The molecule has 0 saturated heterocycles. The summed E-state index contributed by atoms with van der Waals surface area (Å²) in [6.45, 7) is 8.36. The maximum absolute atomic E-state index is 10.5. The Labute approximate surface area is 133 Å². The molecule has 0 spiro atoms. The molecule has 0 fully saturated rings. The molecule has 0 aliphatic rings. The van der Waals surface area contributed by atoms with Crippen molar-refractivity contribution in [1.82, 2.24) is 9.38 Å². The van der Waals surface area contributed by atoms with Crippen molar-refractivity contribution in [3.63, 3.8) is 0 Å². The zero-order valence-corrected chi connectivity index (χ0v) is 14.3. The summed E-state index contributed by atoms with van der Waals surface area (Å²) >= 11 is 6.10. The fourth-order valence-electron chi connectivity index (χ4n) is 2.61. The second kappa shape index (κ2) is 9.06. The molecule has 0 amide bonds. The first-order valence-electron chi connectivity index (χ1n) is 7.95. The molecule has 0 saturated carbocycles. The lowest BCUT2D eigenvalue weighted by atomic mass is 9.93. The van der Waals surface area contributed by atoms with Gasteiger partial charge in [0.2, 0.25) is 0 Å². The van der Waals surface area contributed by atoms with Gasteiger partial charge in [0.05, 0.1) is 29.8 Å². The Balaban J connectivity index is 0.00000106. The summed E-state index contributed by atoms with van der Waals surface area (Å²) in [4.78, 5) is 4.11. The summed E-state index contributed by atoms with van der Waals surface area (Å²) in [5.74, 6) is 0.553. The van der Waals surface area contributed by atoms with Gasteiger partial charge in [-0.1, -0.05) is 58.6 Å². The van der Waals surface area contributed by atoms with Crippen LogP contribution >= 0.6 is 11.6 Å². The first kappa shape index (κ1) is 18.0. The van der Waals surface area contributed by atoms with Gasteiger partial charge in [-0.2, -0.15) is 0 Å². The van der Waals surface area contributed by atoms with Crippen molar-refractivity contribution in [3.8, 4) is 0 Å². The summed E-state index contributed by atoms with van der Waals surface area (Å²) in [5.41, 5.74) is 1.75. The minimum atomic E-state index is -0.494. The van der Waals surface area contributed by atoms with Gasteiger partial charge >= 0.3 is 0 Å². The van der Waals surface area contributed by atoms with Crippen molar-refractivity contribution in [2.75, 3.05) is 0 Å². The molecule has 2 atom stereocenters. The molecule has 0 aromatic carbocycles. The molecule has 1 N–H and O–H groups in total. The molecule has 0 aliphatic heterocycles. The van der Waals surface area contributed by atoms with E-state index in [0.717, 1.165) is 36.9 Å². The standard InChI is InChI=1S/C15H21ClN2O.C2H6/c1-3-5-11(4-2)6-15(19)14-8-12(16)7-13-9-17-10-18(13)14;1-2/h7-11,15,19H,3-6H2,1-2H3;1-2H3. The van der Waals surface area contributed by atoms with E-state index in [-0.39, 0.29) is 0 Å². The average Bonchev–Trinajstić information content (AvgIpc) is 2.95. The maximum atomic E-state index is 10.5. The molecule has 2 rings (SSSR count). The first-order chi connectivity index (χ1) is 10.2. The summed E-state index contributed by atoms with van der Waals surface area (Å²) < 4.78 is 1.91. The Morgan fingerprint density at radius 1 is 1.29 bits per heavy atom. The van der Waals surface area contributed by atoms with Crippen molar-refractivity contribution in [3.05, 3.63) is 35.4 Å². The Hall–Kier alpha value is -1.06. The third kappa shape index (κ3) is 4.72. The number of halogens is 1. The zero-order valence-electron chi connectivity index (χ0n) is 13.5. The summed E-state index contributed by atoms with van der Waals surface area (Å²) in [7, 11) is 0. The summed E-state index contributed by atoms with van der Waals surface area (Å²) in [6, 6.07) is 3.69. The van der Waals surface area contributed by atoms with E-state index in [1.807, 2.05) is 30.4 Å². The molecule has 4 heteroatoms. The lowest BCUT2D eigenvalue weighted by Gasteiger charge is -2.19. The van der Waals surface area contributed by atoms with Gasteiger partial charge in [0.1, 0.15) is 0 Å². The monoisotopic (exact) mass is 310 g/mol. The number of aliphatic hydroxyl groups excluding tert-OH is 1. The molecule has 2 aromatic rings. The fourth-order valence-corrected chi connectivity index (χ4v) is 2.84. The zero-order chi connectivity index (χ0) is 15.8. The Morgan fingerprint density at radius 2 is 2.00 bits per heavy atom. The highest BCUT2D eigenvalue weighted by Gasteiger charge is 2.17. The third-order valence-corrected chi connectivity index (χ3v) is 3.91. The minimum absolute atomic E-state index is 0.494. The van der Waals surface area contributed by atoms with Crippen molar-refractivity contribution in [2.45, 2.75) is 59.5 Å². The number of aliphatic hydroxyl groups is 1. The second-order valence-electron chi connectivity index (χ2n) is 5.10. The summed E-state index contributed by atoms with van der Waals surface area (Å²) in [6.07, 6.45) is 7.17. The van der Waals surface area contributed by atoms with Gasteiger partial charge in [0.15, 0.2) is 0 Å². The van der Waals surface area contributed by atoms with Crippen LogP contribution in [0.25, 0.3) is 5.52 Å². The molecule has 2 unspecified atom stereocenters. The molecular formula is C17H27ClN2O. The van der Waals surface area contributed by atoms with E-state index in [0.29, 0.717) is 10.9 Å². The Kier molecular flexibility index (Phi) is 7.76. The van der Waals surface area contributed by atoms with E-state index in [9.17, 15) is 5.11 Å².